The highest BCUT2D eigenvalue weighted by atomic mass is 32.2. The Kier molecular flexibility index (Phi) is 10.3. The van der Waals surface area contributed by atoms with Crippen LogP contribution in [0.1, 0.15) is 57.2 Å². The minimum Gasteiger partial charge on any atom is -0.487 e. The van der Waals surface area contributed by atoms with Crippen molar-refractivity contribution in [1.29, 1.82) is 0 Å². The Morgan fingerprint density at radius 2 is 1.74 bits per heavy atom. The number of fused-ring (bicyclic) bond motifs is 2. The van der Waals surface area contributed by atoms with Gasteiger partial charge >= 0.3 is 0 Å². The molecular weight excluding hydrogens is 451 g/mol. The van der Waals surface area contributed by atoms with Gasteiger partial charge in [-0.15, -0.1) is 0 Å². The molecule has 34 heavy (non-hydrogen) atoms. The zero-order valence-corrected chi connectivity index (χ0v) is 21.5. The van der Waals surface area contributed by atoms with Crippen molar-refractivity contribution in [3.63, 3.8) is 0 Å². The number of benzene rings is 2. The fraction of sp³-hybridized carbons (Fsp3) is 0.357. The predicted molar refractivity (Wildman–Crippen MR) is 136 cm³/mol. The fourth-order valence-electron chi connectivity index (χ4n) is 3.58. The monoisotopic (exact) mass is 486 g/mol. The van der Waals surface area contributed by atoms with E-state index in [4.69, 9.17) is 8.92 Å². The maximum atomic E-state index is 13.8. The van der Waals surface area contributed by atoms with Crippen molar-refractivity contribution < 1.29 is 21.7 Å². The molecule has 184 valence electrons. The van der Waals surface area contributed by atoms with Crippen LogP contribution in [0.4, 0.5) is 4.39 Å². The average Bonchev–Trinajstić information content (AvgIpc) is 3.23. The standard InChI is InChI=1S/C22H21FO4S.C4H8.C2H6/c1-14-3-9-19(10-4-14)28(24,25)26-13-18-12-20-15(2)5-6-16-7-8-17(23)11-21(16)22(20)27-18;1-3-4-2;1-2/h3-4,7-11,18H,2,5-6,12-13H2,1H3;3-4H,1-2H3;1-2H3/b;4-3-;. The van der Waals surface area contributed by atoms with E-state index in [-0.39, 0.29) is 17.3 Å². The van der Waals surface area contributed by atoms with E-state index in [2.05, 4.69) is 6.58 Å². The summed E-state index contributed by atoms with van der Waals surface area (Å²) in [4.78, 5) is 0.113. The zero-order chi connectivity index (χ0) is 25.3. The summed E-state index contributed by atoms with van der Waals surface area (Å²) in [7, 11) is -3.87. The molecule has 2 aromatic carbocycles. The Labute approximate surface area is 203 Å². The van der Waals surface area contributed by atoms with Gasteiger partial charge in [0.05, 0.1) is 4.90 Å². The van der Waals surface area contributed by atoms with E-state index >= 15 is 0 Å². The number of hydrogen-bond acceptors (Lipinski definition) is 4. The molecule has 0 fully saturated rings. The van der Waals surface area contributed by atoms with E-state index in [1.54, 1.807) is 18.2 Å². The SMILES string of the molecule is C/C=C\C.C=C1CCc2ccc(F)cc2C2=C1CC(COS(=O)(=O)c1ccc(C)cc1)O2.CC. The molecular formula is C28H35FO4S. The van der Waals surface area contributed by atoms with Crippen molar-refractivity contribution in [2.24, 2.45) is 0 Å². The van der Waals surface area contributed by atoms with E-state index in [1.807, 2.05) is 46.8 Å². The van der Waals surface area contributed by atoms with Crippen molar-refractivity contribution in [3.05, 3.63) is 94.8 Å². The molecule has 0 spiro atoms. The van der Waals surface area contributed by atoms with Crippen LogP contribution in [0.15, 0.2) is 77.2 Å². The second-order valence-corrected chi connectivity index (χ2v) is 9.49. The van der Waals surface area contributed by atoms with E-state index in [0.717, 1.165) is 40.7 Å². The molecule has 0 bridgehead atoms. The van der Waals surface area contributed by atoms with Crippen LogP contribution < -0.4 is 0 Å². The first-order valence-electron chi connectivity index (χ1n) is 11.6. The third-order valence-corrected chi connectivity index (χ3v) is 6.78. The summed E-state index contributed by atoms with van der Waals surface area (Å²) in [6.07, 6.45) is 5.56. The Hall–Kier alpha value is -2.70. The van der Waals surface area contributed by atoms with Gasteiger partial charge in [-0.05, 0) is 69.0 Å². The number of ether oxygens (including phenoxy) is 1. The van der Waals surface area contributed by atoms with Crippen molar-refractivity contribution in [2.75, 3.05) is 6.61 Å². The largest absolute Gasteiger partial charge is 0.487 e. The number of aryl methyl sites for hydroxylation is 2. The summed E-state index contributed by atoms with van der Waals surface area (Å²) in [6.45, 7) is 13.9. The highest BCUT2D eigenvalue weighted by Crippen LogP contribution is 2.41. The first-order chi connectivity index (χ1) is 16.2. The lowest BCUT2D eigenvalue weighted by Gasteiger charge is -2.15. The molecule has 0 saturated heterocycles. The van der Waals surface area contributed by atoms with Gasteiger partial charge in [0.25, 0.3) is 10.1 Å². The molecule has 0 N–H and O–H groups in total. The van der Waals surface area contributed by atoms with Crippen molar-refractivity contribution >= 4 is 15.9 Å². The molecule has 0 radical (unpaired) electrons. The lowest BCUT2D eigenvalue weighted by Crippen LogP contribution is -2.19. The molecule has 6 heteroatoms. The quantitative estimate of drug-likeness (QED) is 0.340. The molecule has 1 aliphatic heterocycles. The van der Waals surface area contributed by atoms with Gasteiger partial charge in [-0.25, -0.2) is 4.39 Å². The molecule has 4 rings (SSSR count). The molecule has 2 aromatic rings. The van der Waals surface area contributed by atoms with Crippen molar-refractivity contribution in [3.8, 4) is 0 Å². The normalized spacial score (nSPS) is 17.0. The van der Waals surface area contributed by atoms with Gasteiger partial charge in [-0.2, -0.15) is 8.42 Å². The number of hydrogen-bond donors (Lipinski definition) is 0. The molecule has 0 aromatic heterocycles. The summed E-state index contributed by atoms with van der Waals surface area (Å²) in [6, 6.07) is 11.2. The fourth-order valence-corrected chi connectivity index (χ4v) is 4.51. The molecule has 4 nitrogen and oxygen atoms in total. The van der Waals surface area contributed by atoms with Gasteiger partial charge in [0.2, 0.25) is 0 Å². The smallest absolute Gasteiger partial charge is 0.297 e. The lowest BCUT2D eigenvalue weighted by atomic mass is 10.00. The maximum Gasteiger partial charge on any atom is 0.297 e. The molecule has 1 heterocycles. The number of allylic oxidation sites excluding steroid dienone is 3. The number of rotatable bonds is 4. The topological polar surface area (TPSA) is 52.6 Å². The molecule has 0 saturated carbocycles. The second kappa shape index (κ2) is 12.7. The Morgan fingerprint density at radius 3 is 2.35 bits per heavy atom. The molecule has 1 atom stereocenters. The average molecular weight is 487 g/mol. The van der Waals surface area contributed by atoms with Gasteiger partial charge in [-0.3, -0.25) is 4.18 Å². The summed E-state index contributed by atoms with van der Waals surface area (Å²) in [5.41, 5.74) is 4.55. The molecule has 0 amide bonds. The van der Waals surface area contributed by atoms with Gasteiger partial charge in [0.1, 0.15) is 24.3 Å². The Balaban J connectivity index is 0.000000618. The predicted octanol–water partition coefficient (Wildman–Crippen LogP) is 7.15. The first-order valence-corrected chi connectivity index (χ1v) is 13.1. The summed E-state index contributed by atoms with van der Waals surface area (Å²) < 4.78 is 49.9. The minimum absolute atomic E-state index is 0.110. The third-order valence-electron chi connectivity index (χ3n) is 5.48. The minimum atomic E-state index is -3.87. The lowest BCUT2D eigenvalue weighted by molar-refractivity contribution is 0.124. The van der Waals surface area contributed by atoms with Crippen LogP contribution in [0.25, 0.3) is 5.76 Å². The second-order valence-electron chi connectivity index (χ2n) is 7.88. The number of halogens is 1. The van der Waals surface area contributed by atoms with E-state index in [1.165, 1.54) is 24.3 Å². The maximum absolute atomic E-state index is 13.8. The highest BCUT2D eigenvalue weighted by Gasteiger charge is 2.32. The summed E-state index contributed by atoms with van der Waals surface area (Å²) in [5, 5.41) is 0. The molecule has 2 aliphatic rings. The van der Waals surface area contributed by atoms with E-state index in [9.17, 15) is 12.8 Å². The van der Waals surface area contributed by atoms with Gasteiger partial charge in [0.15, 0.2) is 0 Å². The third kappa shape index (κ3) is 6.90. The van der Waals surface area contributed by atoms with Crippen LogP contribution >= 0.6 is 0 Å². The van der Waals surface area contributed by atoms with Crippen LogP contribution in [0.2, 0.25) is 0 Å². The highest BCUT2D eigenvalue weighted by molar-refractivity contribution is 7.86. The molecule has 1 aliphatic carbocycles. The van der Waals surface area contributed by atoms with Crippen LogP contribution in [-0.4, -0.2) is 21.1 Å². The van der Waals surface area contributed by atoms with Crippen molar-refractivity contribution in [2.45, 2.75) is 64.9 Å². The summed E-state index contributed by atoms with van der Waals surface area (Å²) >= 11 is 0. The van der Waals surface area contributed by atoms with E-state index < -0.39 is 16.2 Å². The van der Waals surface area contributed by atoms with Gasteiger partial charge < -0.3 is 4.74 Å². The van der Waals surface area contributed by atoms with Crippen LogP contribution in [0.5, 0.6) is 0 Å². The van der Waals surface area contributed by atoms with Crippen LogP contribution in [0, 0.1) is 12.7 Å². The zero-order valence-electron chi connectivity index (χ0n) is 20.7. The van der Waals surface area contributed by atoms with Crippen LogP contribution in [-0.2, 0) is 25.5 Å². The molecule has 1 unspecified atom stereocenters. The first kappa shape index (κ1) is 27.5. The van der Waals surface area contributed by atoms with E-state index in [0.29, 0.717) is 12.2 Å². The van der Waals surface area contributed by atoms with Crippen molar-refractivity contribution in [1.82, 2.24) is 0 Å². The Bertz CT molecular complexity index is 1140. The Morgan fingerprint density at radius 1 is 1.09 bits per heavy atom. The van der Waals surface area contributed by atoms with Gasteiger partial charge in [-0.1, -0.05) is 56.3 Å². The summed E-state index contributed by atoms with van der Waals surface area (Å²) in [5.74, 6) is 0.265. The van der Waals surface area contributed by atoms with Gasteiger partial charge in [0, 0.05) is 17.6 Å². The van der Waals surface area contributed by atoms with Crippen LogP contribution in [0.3, 0.4) is 0 Å².